The molecule has 2 aromatic rings. The molecule has 104 valence electrons. The van der Waals surface area contributed by atoms with Crippen LogP contribution in [0.25, 0.3) is 0 Å². The number of benzene rings is 2. The fourth-order valence-electron chi connectivity index (χ4n) is 2.72. The predicted octanol–water partition coefficient (Wildman–Crippen LogP) is 3.70. The van der Waals surface area contributed by atoms with Gasteiger partial charge in [0.25, 0.3) is 0 Å². The van der Waals surface area contributed by atoms with Crippen molar-refractivity contribution in [3.63, 3.8) is 0 Å². The van der Waals surface area contributed by atoms with E-state index < -0.39 is 0 Å². The standard InChI is InChI=1S/C16H14ClF2N/c17-13-4-5-15(19)11(6-13)8-16(9-20-10-16)12-2-1-3-14(18)7-12/h1-7,20H,8-10H2. The second-order valence-electron chi connectivity index (χ2n) is 5.31. The maximum Gasteiger partial charge on any atom is 0.126 e. The summed E-state index contributed by atoms with van der Waals surface area (Å²) in [4.78, 5) is 0. The molecular weight excluding hydrogens is 280 g/mol. The summed E-state index contributed by atoms with van der Waals surface area (Å²) in [5.41, 5.74) is 1.21. The second-order valence-corrected chi connectivity index (χ2v) is 5.74. The van der Waals surface area contributed by atoms with E-state index in [9.17, 15) is 8.78 Å². The third-order valence-electron chi connectivity index (χ3n) is 3.90. The largest absolute Gasteiger partial charge is 0.315 e. The molecule has 1 aliphatic heterocycles. The maximum atomic E-state index is 13.9. The van der Waals surface area contributed by atoms with Gasteiger partial charge in [-0.15, -0.1) is 0 Å². The zero-order valence-corrected chi connectivity index (χ0v) is 11.6. The molecule has 20 heavy (non-hydrogen) atoms. The van der Waals surface area contributed by atoms with Crippen molar-refractivity contribution in [1.82, 2.24) is 5.32 Å². The summed E-state index contributed by atoms with van der Waals surface area (Å²) in [7, 11) is 0. The Balaban J connectivity index is 1.96. The summed E-state index contributed by atoms with van der Waals surface area (Å²) in [5.74, 6) is -0.530. The molecule has 0 aromatic heterocycles. The molecule has 0 aliphatic carbocycles. The minimum absolute atomic E-state index is 0.256. The normalized spacial score (nSPS) is 16.8. The van der Waals surface area contributed by atoms with E-state index in [2.05, 4.69) is 5.32 Å². The summed E-state index contributed by atoms with van der Waals surface area (Å²) in [6.45, 7) is 1.42. The lowest BCUT2D eigenvalue weighted by Gasteiger charge is -2.43. The Labute approximate surface area is 121 Å². The first-order chi connectivity index (χ1) is 9.59. The molecule has 1 heterocycles. The molecule has 0 radical (unpaired) electrons. The van der Waals surface area contributed by atoms with Gasteiger partial charge in [0.05, 0.1) is 0 Å². The SMILES string of the molecule is Fc1cccc(C2(Cc3cc(Cl)ccc3F)CNC2)c1. The Hall–Kier alpha value is -1.45. The highest BCUT2D eigenvalue weighted by Crippen LogP contribution is 2.34. The van der Waals surface area contributed by atoms with E-state index in [0.29, 0.717) is 30.1 Å². The van der Waals surface area contributed by atoms with Crippen LogP contribution >= 0.6 is 11.6 Å². The smallest absolute Gasteiger partial charge is 0.126 e. The average molecular weight is 294 g/mol. The van der Waals surface area contributed by atoms with Crippen molar-refractivity contribution < 1.29 is 8.78 Å². The second kappa shape index (κ2) is 5.15. The number of halogens is 3. The quantitative estimate of drug-likeness (QED) is 0.910. The molecule has 0 unspecified atom stereocenters. The van der Waals surface area contributed by atoms with Crippen LogP contribution in [0.2, 0.25) is 5.02 Å². The summed E-state index contributed by atoms with van der Waals surface area (Å²) >= 11 is 5.94. The monoisotopic (exact) mass is 293 g/mol. The van der Waals surface area contributed by atoms with Crippen molar-refractivity contribution in [1.29, 1.82) is 0 Å². The number of nitrogens with one attached hydrogen (secondary N) is 1. The lowest BCUT2D eigenvalue weighted by molar-refractivity contribution is 0.271. The zero-order chi connectivity index (χ0) is 14.2. The van der Waals surface area contributed by atoms with E-state index in [1.165, 1.54) is 24.3 Å². The minimum atomic E-state index is -0.267. The first kappa shape index (κ1) is 13.5. The summed E-state index contributed by atoms with van der Waals surface area (Å²) in [5, 5.41) is 3.71. The summed E-state index contributed by atoms with van der Waals surface area (Å²) in [6.07, 6.45) is 0.510. The molecular formula is C16H14ClF2N. The van der Waals surface area contributed by atoms with Crippen LogP contribution in [-0.4, -0.2) is 13.1 Å². The fourth-order valence-corrected chi connectivity index (χ4v) is 2.91. The molecule has 0 saturated carbocycles. The fraction of sp³-hybridized carbons (Fsp3) is 0.250. The Morgan fingerprint density at radius 2 is 1.90 bits per heavy atom. The highest BCUT2D eigenvalue weighted by Gasteiger charge is 2.39. The van der Waals surface area contributed by atoms with Crippen LogP contribution in [0, 0.1) is 11.6 Å². The van der Waals surface area contributed by atoms with Gasteiger partial charge in [-0.05, 0) is 47.9 Å². The van der Waals surface area contributed by atoms with E-state index in [1.807, 2.05) is 6.07 Å². The van der Waals surface area contributed by atoms with Gasteiger partial charge in [-0.2, -0.15) is 0 Å². The molecule has 4 heteroatoms. The van der Waals surface area contributed by atoms with Crippen LogP contribution in [0.4, 0.5) is 8.78 Å². The van der Waals surface area contributed by atoms with E-state index in [-0.39, 0.29) is 17.0 Å². The van der Waals surface area contributed by atoms with Crippen LogP contribution in [0.3, 0.4) is 0 Å². The third kappa shape index (κ3) is 2.43. The van der Waals surface area contributed by atoms with Crippen LogP contribution in [-0.2, 0) is 11.8 Å². The highest BCUT2D eigenvalue weighted by atomic mass is 35.5. The zero-order valence-electron chi connectivity index (χ0n) is 10.8. The number of rotatable bonds is 3. The van der Waals surface area contributed by atoms with Crippen LogP contribution in [0.1, 0.15) is 11.1 Å². The molecule has 1 N–H and O–H groups in total. The Kier molecular flexibility index (Phi) is 3.48. The van der Waals surface area contributed by atoms with Gasteiger partial charge in [-0.1, -0.05) is 23.7 Å². The van der Waals surface area contributed by atoms with Crippen molar-refractivity contribution in [3.05, 3.63) is 70.2 Å². The van der Waals surface area contributed by atoms with Gasteiger partial charge >= 0.3 is 0 Å². The molecule has 1 fully saturated rings. The van der Waals surface area contributed by atoms with Crippen molar-refractivity contribution >= 4 is 11.6 Å². The molecule has 0 spiro atoms. The van der Waals surface area contributed by atoms with Gasteiger partial charge in [0, 0.05) is 23.5 Å². The van der Waals surface area contributed by atoms with E-state index in [1.54, 1.807) is 12.1 Å². The Bertz CT molecular complexity index is 638. The lowest BCUT2D eigenvalue weighted by Crippen LogP contribution is -2.58. The minimum Gasteiger partial charge on any atom is -0.315 e. The van der Waals surface area contributed by atoms with Gasteiger partial charge in [0.15, 0.2) is 0 Å². The van der Waals surface area contributed by atoms with Gasteiger partial charge in [0.1, 0.15) is 11.6 Å². The first-order valence-corrected chi connectivity index (χ1v) is 6.88. The van der Waals surface area contributed by atoms with Crippen molar-refractivity contribution in [2.45, 2.75) is 11.8 Å². The van der Waals surface area contributed by atoms with Crippen LogP contribution in [0.5, 0.6) is 0 Å². The maximum absolute atomic E-state index is 13.9. The van der Waals surface area contributed by atoms with Crippen molar-refractivity contribution in [3.8, 4) is 0 Å². The predicted molar refractivity (Wildman–Crippen MR) is 76.1 cm³/mol. The van der Waals surface area contributed by atoms with Crippen LogP contribution < -0.4 is 5.32 Å². The summed E-state index contributed by atoms with van der Waals surface area (Å²) < 4.78 is 27.3. The first-order valence-electron chi connectivity index (χ1n) is 6.50. The molecule has 3 rings (SSSR count). The molecule has 1 saturated heterocycles. The van der Waals surface area contributed by atoms with E-state index in [4.69, 9.17) is 11.6 Å². The van der Waals surface area contributed by atoms with Gasteiger partial charge in [-0.3, -0.25) is 0 Å². The van der Waals surface area contributed by atoms with Crippen LogP contribution in [0.15, 0.2) is 42.5 Å². The van der Waals surface area contributed by atoms with E-state index >= 15 is 0 Å². The van der Waals surface area contributed by atoms with E-state index in [0.717, 1.165) is 5.56 Å². The molecule has 0 amide bonds. The molecule has 1 aliphatic rings. The average Bonchev–Trinajstić information content (AvgIpc) is 2.38. The lowest BCUT2D eigenvalue weighted by atomic mass is 9.71. The summed E-state index contributed by atoms with van der Waals surface area (Å²) in [6, 6.07) is 11.1. The topological polar surface area (TPSA) is 12.0 Å². The molecule has 0 atom stereocenters. The third-order valence-corrected chi connectivity index (χ3v) is 4.14. The molecule has 1 nitrogen and oxygen atoms in total. The van der Waals surface area contributed by atoms with Crippen molar-refractivity contribution in [2.24, 2.45) is 0 Å². The van der Waals surface area contributed by atoms with Gasteiger partial charge in [-0.25, -0.2) is 8.78 Å². The van der Waals surface area contributed by atoms with Gasteiger partial charge < -0.3 is 5.32 Å². The Morgan fingerprint density at radius 1 is 1.10 bits per heavy atom. The Morgan fingerprint density at radius 3 is 2.55 bits per heavy atom. The highest BCUT2D eigenvalue weighted by molar-refractivity contribution is 6.30. The van der Waals surface area contributed by atoms with Gasteiger partial charge in [0.2, 0.25) is 0 Å². The number of hydrogen-bond donors (Lipinski definition) is 1. The van der Waals surface area contributed by atoms with Crippen molar-refractivity contribution in [2.75, 3.05) is 13.1 Å². The molecule has 0 bridgehead atoms. The number of hydrogen-bond acceptors (Lipinski definition) is 1. The molecule has 2 aromatic carbocycles.